The summed E-state index contributed by atoms with van der Waals surface area (Å²) in [7, 11) is 0. The minimum absolute atomic E-state index is 0.178. The lowest BCUT2D eigenvalue weighted by Gasteiger charge is -2.26. The van der Waals surface area contributed by atoms with Gasteiger partial charge in [-0.25, -0.2) is 4.39 Å². The van der Waals surface area contributed by atoms with Gasteiger partial charge in [0.25, 0.3) is 0 Å². The Morgan fingerprint density at radius 3 is 2.53 bits per heavy atom. The maximum Gasteiger partial charge on any atom is 0.169 e. The van der Waals surface area contributed by atoms with Crippen LogP contribution in [0.4, 0.5) is 4.39 Å². The van der Waals surface area contributed by atoms with Gasteiger partial charge >= 0.3 is 0 Å². The zero-order valence-electron chi connectivity index (χ0n) is 10.6. The van der Waals surface area contributed by atoms with Gasteiger partial charge < -0.3 is 0 Å². The van der Waals surface area contributed by atoms with E-state index in [2.05, 4.69) is 6.92 Å². The van der Waals surface area contributed by atoms with E-state index in [1.54, 1.807) is 6.07 Å². The molecule has 17 heavy (non-hydrogen) atoms. The van der Waals surface area contributed by atoms with Gasteiger partial charge in [0.1, 0.15) is 5.82 Å². The smallest absolute Gasteiger partial charge is 0.169 e. The summed E-state index contributed by atoms with van der Waals surface area (Å²) in [4.78, 5) is 12.6. The first kappa shape index (κ1) is 12.3. The highest BCUT2D eigenvalue weighted by atomic mass is 19.1. The van der Waals surface area contributed by atoms with Crippen LogP contribution in [-0.4, -0.2) is 5.78 Å². The quantitative estimate of drug-likeness (QED) is 0.713. The first-order chi connectivity index (χ1) is 8.09. The highest BCUT2D eigenvalue weighted by molar-refractivity contribution is 6.01. The minimum atomic E-state index is -0.268. The summed E-state index contributed by atoms with van der Waals surface area (Å²) < 4.78 is 13.1. The molecule has 2 rings (SSSR count). The summed E-state index contributed by atoms with van der Waals surface area (Å²) in [6.45, 7) is 3.90. The van der Waals surface area contributed by atoms with Gasteiger partial charge in [0.2, 0.25) is 0 Å². The Bertz CT molecular complexity index is 431. The number of benzene rings is 1. The zero-order chi connectivity index (χ0) is 12.5. The number of hydrogen-bond donors (Lipinski definition) is 0. The second-order valence-electron chi connectivity index (χ2n) is 5.13. The van der Waals surface area contributed by atoms with Crippen LogP contribution >= 0.6 is 0 Å². The van der Waals surface area contributed by atoms with Crippen molar-refractivity contribution in [2.45, 2.75) is 46.0 Å². The molecule has 0 N–H and O–H groups in total. The molecule has 1 saturated carbocycles. The molecule has 0 aliphatic heterocycles. The molecule has 1 aromatic carbocycles. The molecule has 2 heteroatoms. The molecule has 92 valence electrons. The Balaban J connectivity index is 2.36. The lowest BCUT2D eigenvalue weighted by atomic mass is 9.76. The van der Waals surface area contributed by atoms with E-state index in [1.807, 2.05) is 6.92 Å². The standard InChI is InChI=1S/C15H19FO/c1-3-15(8-4-5-9-15)14(17)13-7-6-12(16)10-11(13)2/h6-7,10H,3-5,8-9H2,1-2H3. The Morgan fingerprint density at radius 2 is 2.00 bits per heavy atom. The SMILES string of the molecule is CCC1(C(=O)c2ccc(F)cc2C)CCCC1. The van der Waals surface area contributed by atoms with Crippen molar-refractivity contribution in [3.8, 4) is 0 Å². The van der Waals surface area contributed by atoms with Gasteiger partial charge in [-0.2, -0.15) is 0 Å². The maximum absolute atomic E-state index is 13.1. The van der Waals surface area contributed by atoms with Gasteiger partial charge in [-0.3, -0.25) is 4.79 Å². The third-order valence-corrected chi connectivity index (χ3v) is 4.15. The van der Waals surface area contributed by atoms with Crippen LogP contribution in [0.2, 0.25) is 0 Å². The van der Waals surface area contributed by atoms with E-state index in [1.165, 1.54) is 12.1 Å². The Morgan fingerprint density at radius 1 is 1.35 bits per heavy atom. The lowest BCUT2D eigenvalue weighted by Crippen LogP contribution is -2.28. The van der Waals surface area contributed by atoms with Crippen LogP contribution in [0, 0.1) is 18.2 Å². The van der Waals surface area contributed by atoms with Crippen molar-refractivity contribution < 1.29 is 9.18 Å². The van der Waals surface area contributed by atoms with Crippen molar-refractivity contribution in [3.05, 3.63) is 35.1 Å². The molecule has 0 bridgehead atoms. The molecule has 0 atom stereocenters. The molecule has 0 radical (unpaired) electrons. The molecule has 0 aromatic heterocycles. The topological polar surface area (TPSA) is 17.1 Å². The molecular weight excluding hydrogens is 215 g/mol. The summed E-state index contributed by atoms with van der Waals surface area (Å²) in [5, 5.41) is 0. The van der Waals surface area contributed by atoms with E-state index >= 15 is 0 Å². The predicted molar refractivity (Wildman–Crippen MR) is 66.7 cm³/mol. The van der Waals surface area contributed by atoms with Crippen LogP contribution in [0.25, 0.3) is 0 Å². The average molecular weight is 234 g/mol. The largest absolute Gasteiger partial charge is 0.294 e. The molecule has 1 fully saturated rings. The second kappa shape index (κ2) is 4.59. The Hall–Kier alpha value is -1.18. The number of halogens is 1. The molecule has 0 heterocycles. The van der Waals surface area contributed by atoms with E-state index < -0.39 is 0 Å². The molecule has 1 aromatic rings. The van der Waals surface area contributed by atoms with Crippen LogP contribution in [0.1, 0.15) is 54.9 Å². The summed E-state index contributed by atoms with van der Waals surface area (Å²) in [6.07, 6.45) is 5.14. The zero-order valence-corrected chi connectivity index (χ0v) is 10.6. The normalized spacial score (nSPS) is 18.3. The Labute approximate surface area is 102 Å². The summed E-state index contributed by atoms with van der Waals surface area (Å²) >= 11 is 0. The highest BCUT2D eigenvalue weighted by Gasteiger charge is 2.39. The summed E-state index contributed by atoms with van der Waals surface area (Å²) in [5.74, 6) is -0.0500. The van der Waals surface area contributed by atoms with E-state index in [0.29, 0.717) is 5.56 Å². The maximum atomic E-state index is 13.1. The number of carbonyl (C=O) groups is 1. The van der Waals surface area contributed by atoms with Gasteiger partial charge in [-0.1, -0.05) is 19.8 Å². The third kappa shape index (κ3) is 2.13. The fourth-order valence-corrected chi connectivity index (χ4v) is 2.96. The molecule has 1 aliphatic carbocycles. The van der Waals surface area contributed by atoms with Crippen molar-refractivity contribution in [2.75, 3.05) is 0 Å². The van der Waals surface area contributed by atoms with Gasteiger partial charge in [0, 0.05) is 11.0 Å². The monoisotopic (exact) mass is 234 g/mol. The molecule has 0 saturated heterocycles. The molecule has 1 nitrogen and oxygen atoms in total. The molecule has 1 aliphatic rings. The third-order valence-electron chi connectivity index (χ3n) is 4.15. The van der Waals surface area contributed by atoms with Crippen LogP contribution in [0.3, 0.4) is 0 Å². The van der Waals surface area contributed by atoms with E-state index in [0.717, 1.165) is 37.7 Å². The van der Waals surface area contributed by atoms with Crippen molar-refractivity contribution in [2.24, 2.45) is 5.41 Å². The average Bonchev–Trinajstić information content (AvgIpc) is 2.78. The van der Waals surface area contributed by atoms with Crippen molar-refractivity contribution in [1.82, 2.24) is 0 Å². The number of rotatable bonds is 3. The number of Topliss-reactive ketones (excluding diaryl/α,β-unsaturated/α-hetero) is 1. The van der Waals surface area contributed by atoms with Crippen molar-refractivity contribution in [3.63, 3.8) is 0 Å². The summed E-state index contributed by atoms with van der Waals surface area (Å²) in [6, 6.07) is 4.48. The lowest BCUT2D eigenvalue weighted by molar-refractivity contribution is 0.0790. The molecular formula is C15H19FO. The van der Waals surface area contributed by atoms with Gasteiger partial charge in [0.15, 0.2) is 5.78 Å². The fourth-order valence-electron chi connectivity index (χ4n) is 2.96. The number of ketones is 1. The summed E-state index contributed by atoms with van der Waals surface area (Å²) in [5.41, 5.74) is 1.28. The van der Waals surface area contributed by atoms with Gasteiger partial charge in [0.05, 0.1) is 0 Å². The number of aryl methyl sites for hydroxylation is 1. The van der Waals surface area contributed by atoms with Crippen LogP contribution < -0.4 is 0 Å². The second-order valence-corrected chi connectivity index (χ2v) is 5.13. The van der Waals surface area contributed by atoms with Crippen LogP contribution in [0.15, 0.2) is 18.2 Å². The van der Waals surface area contributed by atoms with Crippen molar-refractivity contribution in [1.29, 1.82) is 0 Å². The number of hydrogen-bond acceptors (Lipinski definition) is 1. The first-order valence-electron chi connectivity index (χ1n) is 6.40. The van der Waals surface area contributed by atoms with Crippen molar-refractivity contribution >= 4 is 5.78 Å². The molecule has 0 unspecified atom stereocenters. The number of carbonyl (C=O) groups excluding carboxylic acids is 1. The molecule has 0 amide bonds. The van der Waals surface area contributed by atoms with E-state index in [9.17, 15) is 9.18 Å². The van der Waals surface area contributed by atoms with Gasteiger partial charge in [-0.15, -0.1) is 0 Å². The highest BCUT2D eigenvalue weighted by Crippen LogP contribution is 2.43. The van der Waals surface area contributed by atoms with Crippen LogP contribution in [-0.2, 0) is 0 Å². The molecule has 0 spiro atoms. The fraction of sp³-hybridized carbons (Fsp3) is 0.533. The van der Waals surface area contributed by atoms with E-state index in [-0.39, 0.29) is 17.0 Å². The van der Waals surface area contributed by atoms with Gasteiger partial charge in [-0.05, 0) is 49.9 Å². The Kier molecular flexibility index (Phi) is 3.32. The van der Waals surface area contributed by atoms with E-state index in [4.69, 9.17) is 0 Å². The minimum Gasteiger partial charge on any atom is -0.294 e. The van der Waals surface area contributed by atoms with Crippen LogP contribution in [0.5, 0.6) is 0 Å². The first-order valence-corrected chi connectivity index (χ1v) is 6.40. The predicted octanol–water partition coefficient (Wildman–Crippen LogP) is 4.29.